The number of nitrogens with two attached hydrogens (primary N) is 1. The Morgan fingerprint density at radius 2 is 1.86 bits per heavy atom. The predicted octanol–water partition coefficient (Wildman–Crippen LogP) is 0.246. The minimum absolute atomic E-state index is 0.0216. The summed E-state index contributed by atoms with van der Waals surface area (Å²) in [6, 6.07) is 4.63. The van der Waals surface area contributed by atoms with Gasteiger partial charge in [-0.1, -0.05) is 25.0 Å². The van der Waals surface area contributed by atoms with Gasteiger partial charge in [-0.2, -0.15) is 0 Å². The fraction of sp³-hybridized carbons (Fsp3) is 0.500. The summed E-state index contributed by atoms with van der Waals surface area (Å²) in [5.74, 6) is -0.740. The number of sulfonamides is 1. The van der Waals surface area contributed by atoms with Crippen molar-refractivity contribution in [3.63, 3.8) is 0 Å². The Balaban J connectivity index is 1.55. The monoisotopic (exact) mass is 408 g/mol. The lowest BCUT2D eigenvalue weighted by Crippen LogP contribution is -2.50. The minimum Gasteiger partial charge on any atom is -0.354 e. The quantitative estimate of drug-likeness (QED) is 0.579. The highest BCUT2D eigenvalue weighted by molar-refractivity contribution is 7.89. The van der Waals surface area contributed by atoms with E-state index in [4.69, 9.17) is 5.14 Å². The summed E-state index contributed by atoms with van der Waals surface area (Å²) in [5, 5.41) is 10.5. The number of hydrogen-bond acceptors (Lipinski definition) is 5. The van der Waals surface area contributed by atoms with Gasteiger partial charge in [0.05, 0.1) is 4.90 Å². The van der Waals surface area contributed by atoms with Crippen LogP contribution >= 0.6 is 0 Å². The van der Waals surface area contributed by atoms with E-state index >= 15 is 0 Å². The molecule has 1 atom stereocenters. The third-order valence-corrected chi connectivity index (χ3v) is 6.31. The van der Waals surface area contributed by atoms with Crippen LogP contribution in [0.15, 0.2) is 29.2 Å². The van der Waals surface area contributed by atoms with Crippen molar-refractivity contribution in [2.45, 2.75) is 55.5 Å². The molecule has 0 aromatic heterocycles. The molecule has 1 heterocycles. The van der Waals surface area contributed by atoms with Crippen molar-refractivity contribution in [1.82, 2.24) is 15.5 Å². The van der Waals surface area contributed by atoms with Crippen molar-refractivity contribution < 1.29 is 22.8 Å². The summed E-state index contributed by atoms with van der Waals surface area (Å²) in [6.07, 6.45) is 3.44. The molecule has 1 spiro atoms. The number of hydrogen-bond donors (Lipinski definition) is 3. The number of rotatable bonds is 6. The van der Waals surface area contributed by atoms with Crippen molar-refractivity contribution >= 4 is 27.9 Å². The second-order valence-corrected chi connectivity index (χ2v) is 8.86. The van der Waals surface area contributed by atoms with E-state index in [1.165, 1.54) is 19.1 Å². The highest BCUT2D eigenvalue weighted by Gasteiger charge is 2.54. The van der Waals surface area contributed by atoms with Gasteiger partial charge in [0.25, 0.3) is 5.91 Å². The van der Waals surface area contributed by atoms with Gasteiger partial charge in [0.2, 0.25) is 15.9 Å². The zero-order valence-corrected chi connectivity index (χ0v) is 16.4. The average molecular weight is 408 g/mol. The standard InChI is InChI=1S/C18H24N4O5S/c1-12(22-16(24)18(21-17(22)25)9-2-3-10-18)15(23)20-11-8-13-4-6-14(7-5-13)28(19,26)27/h4-7,12H,2-3,8-11H2,1H3,(H,20,23)(H,21,25)(H2,19,26,27). The van der Waals surface area contributed by atoms with Gasteiger partial charge in [-0.25, -0.2) is 23.3 Å². The molecule has 1 aromatic rings. The zero-order valence-electron chi connectivity index (χ0n) is 15.6. The smallest absolute Gasteiger partial charge is 0.325 e. The van der Waals surface area contributed by atoms with E-state index < -0.39 is 33.5 Å². The maximum absolute atomic E-state index is 12.7. The first-order chi connectivity index (χ1) is 13.1. The number of nitrogens with one attached hydrogen (secondary N) is 2. The number of nitrogens with zero attached hydrogens (tertiary/aromatic N) is 1. The Labute approximate surface area is 163 Å². The zero-order chi connectivity index (χ0) is 20.5. The number of benzene rings is 1. The molecule has 10 heteroatoms. The Bertz CT molecular complexity index is 891. The van der Waals surface area contributed by atoms with Crippen LogP contribution in [0, 0.1) is 0 Å². The second-order valence-electron chi connectivity index (χ2n) is 7.30. The van der Waals surface area contributed by atoms with Crippen LogP contribution in [0.25, 0.3) is 0 Å². The Morgan fingerprint density at radius 3 is 2.43 bits per heavy atom. The molecule has 0 radical (unpaired) electrons. The molecule has 4 N–H and O–H groups in total. The number of carbonyl (C=O) groups excluding carboxylic acids is 3. The fourth-order valence-electron chi connectivity index (χ4n) is 3.75. The number of imide groups is 1. The third kappa shape index (κ3) is 3.88. The van der Waals surface area contributed by atoms with Gasteiger partial charge in [0, 0.05) is 6.54 Å². The lowest BCUT2D eigenvalue weighted by atomic mass is 9.97. The van der Waals surface area contributed by atoms with Gasteiger partial charge in [-0.05, 0) is 43.9 Å². The van der Waals surface area contributed by atoms with Crippen molar-refractivity contribution in [1.29, 1.82) is 0 Å². The van der Waals surface area contributed by atoms with Gasteiger partial charge in [-0.15, -0.1) is 0 Å². The number of amides is 4. The molecule has 2 fully saturated rings. The Kier molecular flexibility index (Phi) is 5.44. The second kappa shape index (κ2) is 7.51. The SMILES string of the molecule is CC(C(=O)NCCc1ccc(S(N)(=O)=O)cc1)N1C(=O)NC2(CCCC2)C1=O. The first kappa shape index (κ1) is 20.3. The van der Waals surface area contributed by atoms with Gasteiger partial charge >= 0.3 is 6.03 Å². The lowest BCUT2D eigenvalue weighted by Gasteiger charge is -2.23. The fourth-order valence-corrected chi connectivity index (χ4v) is 4.27. The summed E-state index contributed by atoms with van der Waals surface area (Å²) in [4.78, 5) is 38.4. The van der Waals surface area contributed by atoms with Gasteiger partial charge < -0.3 is 10.6 Å². The predicted molar refractivity (Wildman–Crippen MR) is 101 cm³/mol. The minimum atomic E-state index is -3.74. The number of urea groups is 1. The van der Waals surface area contributed by atoms with E-state index in [0.29, 0.717) is 19.3 Å². The number of primary sulfonamides is 1. The van der Waals surface area contributed by atoms with Crippen LogP contribution in [0.1, 0.15) is 38.2 Å². The van der Waals surface area contributed by atoms with Crippen LogP contribution in [-0.4, -0.2) is 49.3 Å². The van der Waals surface area contributed by atoms with Crippen LogP contribution in [0.5, 0.6) is 0 Å². The van der Waals surface area contributed by atoms with Gasteiger partial charge in [-0.3, -0.25) is 9.59 Å². The summed E-state index contributed by atoms with van der Waals surface area (Å²) in [5.41, 5.74) is -0.0169. The van der Waals surface area contributed by atoms with E-state index in [1.807, 2.05) is 0 Å². The van der Waals surface area contributed by atoms with Gasteiger partial charge in [0.15, 0.2) is 0 Å². The molecule has 3 rings (SSSR count). The number of carbonyl (C=O) groups is 3. The Morgan fingerprint density at radius 1 is 1.25 bits per heavy atom. The summed E-state index contributed by atoms with van der Waals surface area (Å²) in [6.45, 7) is 1.81. The molecule has 28 heavy (non-hydrogen) atoms. The van der Waals surface area contributed by atoms with Crippen LogP contribution in [0.2, 0.25) is 0 Å². The maximum Gasteiger partial charge on any atom is 0.325 e. The molecule has 1 aliphatic heterocycles. The van der Waals surface area contributed by atoms with Crippen LogP contribution in [0.3, 0.4) is 0 Å². The molecular weight excluding hydrogens is 384 g/mol. The topological polar surface area (TPSA) is 139 Å². The molecule has 1 aliphatic carbocycles. The first-order valence-corrected chi connectivity index (χ1v) is 10.7. The highest BCUT2D eigenvalue weighted by Crippen LogP contribution is 2.35. The summed E-state index contributed by atoms with van der Waals surface area (Å²) in [7, 11) is -3.74. The van der Waals surface area contributed by atoms with Crippen molar-refractivity contribution in [2.75, 3.05) is 6.54 Å². The van der Waals surface area contributed by atoms with E-state index in [0.717, 1.165) is 23.3 Å². The first-order valence-electron chi connectivity index (χ1n) is 9.19. The van der Waals surface area contributed by atoms with E-state index in [2.05, 4.69) is 10.6 Å². The Hall–Kier alpha value is -2.46. The van der Waals surface area contributed by atoms with Crippen molar-refractivity contribution in [3.05, 3.63) is 29.8 Å². The summed E-state index contributed by atoms with van der Waals surface area (Å²) >= 11 is 0. The molecule has 1 unspecified atom stereocenters. The van der Waals surface area contributed by atoms with E-state index in [-0.39, 0.29) is 17.3 Å². The van der Waals surface area contributed by atoms with Crippen molar-refractivity contribution in [2.24, 2.45) is 5.14 Å². The average Bonchev–Trinajstić information content (AvgIpc) is 3.19. The largest absolute Gasteiger partial charge is 0.354 e. The lowest BCUT2D eigenvalue weighted by molar-refractivity contribution is -0.137. The van der Waals surface area contributed by atoms with Crippen molar-refractivity contribution in [3.8, 4) is 0 Å². The molecule has 1 saturated carbocycles. The van der Waals surface area contributed by atoms with Crippen LogP contribution in [-0.2, 0) is 26.0 Å². The molecule has 9 nitrogen and oxygen atoms in total. The highest BCUT2D eigenvalue weighted by atomic mass is 32.2. The van der Waals surface area contributed by atoms with Gasteiger partial charge in [0.1, 0.15) is 11.6 Å². The summed E-state index contributed by atoms with van der Waals surface area (Å²) < 4.78 is 22.5. The van der Waals surface area contributed by atoms with Crippen LogP contribution < -0.4 is 15.8 Å². The van der Waals surface area contributed by atoms with E-state index in [1.54, 1.807) is 12.1 Å². The van der Waals surface area contributed by atoms with Crippen LogP contribution in [0.4, 0.5) is 4.79 Å². The molecular formula is C18H24N4O5S. The maximum atomic E-state index is 12.7. The molecule has 1 aromatic carbocycles. The molecule has 2 aliphatic rings. The molecule has 1 saturated heterocycles. The van der Waals surface area contributed by atoms with E-state index in [9.17, 15) is 22.8 Å². The normalized spacial score (nSPS) is 19.7. The molecule has 0 bridgehead atoms. The molecule has 4 amide bonds. The third-order valence-electron chi connectivity index (χ3n) is 5.38. The molecule has 152 valence electrons.